The highest BCUT2D eigenvalue weighted by Gasteiger charge is 2.33. The molecule has 0 radical (unpaired) electrons. The average Bonchev–Trinajstić information content (AvgIpc) is 2.70. The Kier molecular flexibility index (Phi) is 5.08. The Bertz CT molecular complexity index is 344. The highest BCUT2D eigenvalue weighted by atomic mass is 16.4. The average molecular weight is 258 g/mol. The smallest absolute Gasteiger partial charge is 0.332 e. The largest absolute Gasteiger partial charge is 0.479 e. The Balaban J connectivity index is 2.30. The first-order valence-electron chi connectivity index (χ1n) is 5.92. The molecule has 2 amide bonds. The lowest BCUT2D eigenvalue weighted by Crippen LogP contribution is -2.35. The molecule has 1 saturated heterocycles. The lowest BCUT2D eigenvalue weighted by atomic mass is 10.1. The summed E-state index contributed by atoms with van der Waals surface area (Å²) in [6, 6.07) is 0. The van der Waals surface area contributed by atoms with E-state index in [1.54, 1.807) is 4.90 Å². The van der Waals surface area contributed by atoms with Gasteiger partial charge < -0.3 is 20.4 Å². The fourth-order valence-electron chi connectivity index (χ4n) is 1.85. The van der Waals surface area contributed by atoms with E-state index >= 15 is 0 Å². The van der Waals surface area contributed by atoms with Crippen LogP contribution in [0.5, 0.6) is 0 Å². The van der Waals surface area contributed by atoms with Gasteiger partial charge >= 0.3 is 5.97 Å². The zero-order valence-corrected chi connectivity index (χ0v) is 10.3. The molecule has 1 heterocycles. The van der Waals surface area contributed by atoms with Gasteiger partial charge in [0.05, 0.1) is 5.92 Å². The number of aliphatic hydroxyl groups excluding tert-OH is 1. The van der Waals surface area contributed by atoms with Crippen LogP contribution in [0.3, 0.4) is 0 Å². The summed E-state index contributed by atoms with van der Waals surface area (Å²) in [5.41, 5.74) is 0. The standard InChI is InChI=1S/C11H18N2O5/c1-2-13-6-7(5-9(13)15)10(16)12-4-3-8(14)11(17)18/h7-8,14H,2-6H2,1H3,(H,12,16)(H,17,18). The maximum atomic E-state index is 11.7. The van der Waals surface area contributed by atoms with Gasteiger partial charge in [-0.2, -0.15) is 0 Å². The van der Waals surface area contributed by atoms with E-state index in [9.17, 15) is 14.4 Å². The third kappa shape index (κ3) is 3.69. The first kappa shape index (κ1) is 14.4. The lowest BCUT2D eigenvalue weighted by molar-refractivity contribution is -0.147. The van der Waals surface area contributed by atoms with Crippen molar-refractivity contribution in [2.75, 3.05) is 19.6 Å². The van der Waals surface area contributed by atoms with Gasteiger partial charge in [-0.3, -0.25) is 9.59 Å². The van der Waals surface area contributed by atoms with Crippen LogP contribution >= 0.6 is 0 Å². The quantitative estimate of drug-likeness (QED) is 0.555. The molecular formula is C11H18N2O5. The van der Waals surface area contributed by atoms with E-state index in [1.807, 2.05) is 6.92 Å². The predicted molar refractivity (Wildman–Crippen MR) is 61.6 cm³/mol. The molecule has 0 bridgehead atoms. The number of hydrogen-bond donors (Lipinski definition) is 3. The Hall–Kier alpha value is -1.63. The molecule has 0 aromatic rings. The van der Waals surface area contributed by atoms with Gasteiger partial charge in [-0.15, -0.1) is 0 Å². The minimum atomic E-state index is -1.47. The fraction of sp³-hybridized carbons (Fsp3) is 0.727. The number of carboxylic acids is 1. The molecule has 0 saturated carbocycles. The molecular weight excluding hydrogens is 240 g/mol. The number of aliphatic carboxylic acids is 1. The van der Waals surface area contributed by atoms with Gasteiger partial charge in [-0.25, -0.2) is 4.79 Å². The number of carbonyl (C=O) groups is 3. The van der Waals surface area contributed by atoms with Crippen LogP contribution in [0, 0.1) is 5.92 Å². The van der Waals surface area contributed by atoms with Crippen molar-refractivity contribution in [2.24, 2.45) is 5.92 Å². The van der Waals surface area contributed by atoms with Crippen molar-refractivity contribution in [2.45, 2.75) is 25.9 Å². The lowest BCUT2D eigenvalue weighted by Gasteiger charge is -2.14. The minimum absolute atomic E-state index is 0.0387. The third-order valence-corrected chi connectivity index (χ3v) is 2.97. The van der Waals surface area contributed by atoms with Crippen LogP contribution < -0.4 is 5.32 Å². The van der Waals surface area contributed by atoms with E-state index in [2.05, 4.69) is 5.32 Å². The molecule has 1 aliphatic rings. The molecule has 1 fully saturated rings. The Morgan fingerprint density at radius 3 is 2.72 bits per heavy atom. The van der Waals surface area contributed by atoms with Crippen molar-refractivity contribution in [1.82, 2.24) is 10.2 Å². The number of nitrogens with zero attached hydrogens (tertiary/aromatic N) is 1. The summed E-state index contributed by atoms with van der Waals surface area (Å²) in [5, 5.41) is 20.0. The van der Waals surface area contributed by atoms with E-state index in [0.717, 1.165) is 0 Å². The van der Waals surface area contributed by atoms with Crippen molar-refractivity contribution in [3.8, 4) is 0 Å². The first-order valence-corrected chi connectivity index (χ1v) is 5.92. The van der Waals surface area contributed by atoms with Gasteiger partial charge in [-0.1, -0.05) is 0 Å². The molecule has 18 heavy (non-hydrogen) atoms. The summed E-state index contributed by atoms with van der Waals surface area (Å²) in [5.74, 6) is -1.99. The summed E-state index contributed by atoms with van der Waals surface area (Å²) in [4.78, 5) is 35.1. The second-order valence-corrected chi connectivity index (χ2v) is 4.27. The molecule has 1 rings (SSSR count). The summed E-state index contributed by atoms with van der Waals surface area (Å²) in [7, 11) is 0. The highest BCUT2D eigenvalue weighted by Crippen LogP contribution is 2.17. The minimum Gasteiger partial charge on any atom is -0.479 e. The number of nitrogens with one attached hydrogen (secondary N) is 1. The van der Waals surface area contributed by atoms with Gasteiger partial charge in [0, 0.05) is 32.5 Å². The number of aliphatic hydroxyl groups is 1. The van der Waals surface area contributed by atoms with E-state index in [0.29, 0.717) is 13.1 Å². The number of carboxylic acid groups (broad SMARTS) is 1. The topological polar surface area (TPSA) is 107 Å². The van der Waals surface area contributed by atoms with Crippen molar-refractivity contribution in [3.05, 3.63) is 0 Å². The fourth-order valence-corrected chi connectivity index (χ4v) is 1.85. The van der Waals surface area contributed by atoms with Crippen molar-refractivity contribution >= 4 is 17.8 Å². The molecule has 0 spiro atoms. The van der Waals surface area contributed by atoms with Crippen LogP contribution in [0.15, 0.2) is 0 Å². The molecule has 102 valence electrons. The van der Waals surface area contributed by atoms with Crippen LogP contribution in [-0.2, 0) is 14.4 Å². The summed E-state index contributed by atoms with van der Waals surface area (Å²) < 4.78 is 0. The van der Waals surface area contributed by atoms with Gasteiger partial charge in [0.15, 0.2) is 6.10 Å². The Morgan fingerprint density at radius 1 is 1.56 bits per heavy atom. The molecule has 1 aliphatic heterocycles. The van der Waals surface area contributed by atoms with Crippen LogP contribution in [-0.4, -0.2) is 58.6 Å². The van der Waals surface area contributed by atoms with Crippen LogP contribution in [0.4, 0.5) is 0 Å². The molecule has 3 N–H and O–H groups in total. The molecule has 2 atom stereocenters. The second kappa shape index (κ2) is 6.34. The zero-order chi connectivity index (χ0) is 13.7. The predicted octanol–water partition coefficient (Wildman–Crippen LogP) is -1.19. The van der Waals surface area contributed by atoms with Gasteiger partial charge in [0.25, 0.3) is 0 Å². The SMILES string of the molecule is CCN1CC(C(=O)NCCC(O)C(=O)O)CC1=O. The molecule has 7 heteroatoms. The van der Waals surface area contributed by atoms with E-state index < -0.39 is 12.1 Å². The van der Waals surface area contributed by atoms with Gasteiger partial charge in [-0.05, 0) is 6.92 Å². The monoisotopic (exact) mass is 258 g/mol. The summed E-state index contributed by atoms with van der Waals surface area (Å²) >= 11 is 0. The van der Waals surface area contributed by atoms with E-state index in [1.165, 1.54) is 0 Å². The maximum absolute atomic E-state index is 11.7. The number of hydrogen-bond acceptors (Lipinski definition) is 4. The Morgan fingerprint density at radius 2 is 2.22 bits per heavy atom. The molecule has 0 aromatic heterocycles. The third-order valence-electron chi connectivity index (χ3n) is 2.97. The van der Waals surface area contributed by atoms with E-state index in [-0.39, 0.29) is 37.1 Å². The summed E-state index contributed by atoms with van der Waals surface area (Å²) in [6.45, 7) is 2.92. The van der Waals surface area contributed by atoms with Gasteiger partial charge in [0.1, 0.15) is 0 Å². The first-order chi connectivity index (χ1) is 8.45. The molecule has 7 nitrogen and oxygen atoms in total. The summed E-state index contributed by atoms with van der Waals surface area (Å²) in [6.07, 6.45) is -1.32. The van der Waals surface area contributed by atoms with Crippen molar-refractivity contribution in [3.63, 3.8) is 0 Å². The van der Waals surface area contributed by atoms with Crippen LogP contribution in [0.1, 0.15) is 19.8 Å². The highest BCUT2D eigenvalue weighted by molar-refractivity contribution is 5.89. The van der Waals surface area contributed by atoms with Crippen LogP contribution in [0.25, 0.3) is 0 Å². The van der Waals surface area contributed by atoms with E-state index in [4.69, 9.17) is 10.2 Å². The van der Waals surface area contributed by atoms with Gasteiger partial charge in [0.2, 0.25) is 11.8 Å². The number of rotatable bonds is 6. The number of amides is 2. The maximum Gasteiger partial charge on any atom is 0.332 e. The normalized spacial score (nSPS) is 20.9. The Labute approximate surface area is 105 Å². The van der Waals surface area contributed by atoms with Crippen LogP contribution in [0.2, 0.25) is 0 Å². The van der Waals surface area contributed by atoms with Crippen molar-refractivity contribution in [1.29, 1.82) is 0 Å². The number of carbonyl (C=O) groups excluding carboxylic acids is 2. The molecule has 0 aromatic carbocycles. The second-order valence-electron chi connectivity index (χ2n) is 4.27. The zero-order valence-electron chi connectivity index (χ0n) is 10.3. The number of likely N-dealkylation sites (tertiary alicyclic amines) is 1. The molecule has 0 aliphatic carbocycles. The molecule has 2 unspecified atom stereocenters. The van der Waals surface area contributed by atoms with Crippen molar-refractivity contribution < 1.29 is 24.6 Å².